The number of carbonyl (C=O) groups is 1. The summed E-state index contributed by atoms with van der Waals surface area (Å²) in [6, 6.07) is 2.27. The maximum absolute atomic E-state index is 10.6. The second kappa shape index (κ2) is 8.43. The van der Waals surface area contributed by atoms with Gasteiger partial charge in [-0.1, -0.05) is 0 Å². The van der Waals surface area contributed by atoms with E-state index in [1.54, 1.807) is 18.5 Å². The molecule has 0 aromatic carbocycles. The molecule has 1 aromatic heterocycles. The number of nitrogens with one attached hydrogen (secondary N) is 1. The van der Waals surface area contributed by atoms with Gasteiger partial charge >= 0.3 is 18.2 Å². The lowest BCUT2D eigenvalue weighted by Gasteiger charge is -2.47. The molecule has 0 bridgehead atoms. The van der Waals surface area contributed by atoms with Gasteiger partial charge in [0.05, 0.1) is 12.2 Å². The van der Waals surface area contributed by atoms with E-state index in [4.69, 9.17) is 19.4 Å². The van der Waals surface area contributed by atoms with E-state index in [9.17, 15) is 13.2 Å². The summed E-state index contributed by atoms with van der Waals surface area (Å²) in [6.07, 6.45) is 1.67. The Hall–Kier alpha value is -1.94. The molecule has 2 N–H and O–H groups in total. The van der Waals surface area contributed by atoms with Gasteiger partial charge < -0.3 is 19.9 Å². The molecule has 25 heavy (non-hydrogen) atoms. The minimum atomic E-state index is -5.08. The molecule has 7 nitrogen and oxygen atoms in total. The van der Waals surface area contributed by atoms with Crippen LogP contribution in [0.15, 0.2) is 18.5 Å². The van der Waals surface area contributed by atoms with Crippen molar-refractivity contribution < 1.29 is 32.5 Å². The van der Waals surface area contributed by atoms with Crippen LogP contribution in [0.3, 0.4) is 0 Å². The molecule has 10 heteroatoms. The first kappa shape index (κ1) is 19.4. The number of hydrogen-bond donors (Lipinski definition) is 2. The Bertz CT molecular complexity index is 553. The number of hydrogen-bond acceptors (Lipinski definition) is 6. The number of aliphatic carboxylic acids is 1. The first-order valence-corrected chi connectivity index (χ1v) is 7.85. The van der Waals surface area contributed by atoms with Crippen molar-refractivity contribution in [2.45, 2.75) is 31.0 Å². The first-order chi connectivity index (χ1) is 11.8. The van der Waals surface area contributed by atoms with Crippen LogP contribution < -0.4 is 10.1 Å². The van der Waals surface area contributed by atoms with Gasteiger partial charge in [-0.3, -0.25) is 0 Å². The highest BCUT2D eigenvalue weighted by Gasteiger charge is 2.42. The second-order valence-electron chi connectivity index (χ2n) is 5.97. The van der Waals surface area contributed by atoms with Crippen LogP contribution in [-0.4, -0.2) is 59.1 Å². The maximum Gasteiger partial charge on any atom is 0.490 e. The van der Waals surface area contributed by atoms with Crippen LogP contribution >= 0.6 is 0 Å². The molecule has 140 valence electrons. The molecular formula is C15H20F3N3O4. The minimum Gasteiger partial charge on any atom is -0.475 e. The monoisotopic (exact) mass is 363 g/mol. The molecule has 2 fully saturated rings. The van der Waals surface area contributed by atoms with Crippen molar-refractivity contribution in [1.29, 1.82) is 0 Å². The molecule has 0 aliphatic carbocycles. The number of rotatable bonds is 4. The second-order valence-corrected chi connectivity index (χ2v) is 5.97. The van der Waals surface area contributed by atoms with Crippen molar-refractivity contribution >= 4 is 5.97 Å². The van der Waals surface area contributed by atoms with E-state index in [2.05, 4.69) is 15.3 Å². The van der Waals surface area contributed by atoms with Crippen LogP contribution in [0.5, 0.6) is 6.01 Å². The lowest BCUT2D eigenvalue weighted by atomic mass is 9.80. The van der Waals surface area contributed by atoms with Crippen LogP contribution in [0.1, 0.15) is 19.3 Å². The van der Waals surface area contributed by atoms with Crippen molar-refractivity contribution in [1.82, 2.24) is 15.3 Å². The molecule has 1 spiro atoms. The summed E-state index contributed by atoms with van der Waals surface area (Å²) in [5.74, 6) is -2.06. The zero-order chi connectivity index (χ0) is 18.3. The summed E-state index contributed by atoms with van der Waals surface area (Å²) in [5, 5.41) is 10.4. The fraction of sp³-hybridized carbons (Fsp3) is 0.667. The summed E-state index contributed by atoms with van der Waals surface area (Å²) in [6.45, 7) is 3.59. The molecular weight excluding hydrogens is 343 g/mol. The SMILES string of the molecule is O=C(O)C(F)(F)F.c1cnc(OCCC2CCOC3(CNC3)C2)nc1. The van der Waals surface area contributed by atoms with Crippen molar-refractivity contribution in [2.75, 3.05) is 26.3 Å². The van der Waals surface area contributed by atoms with E-state index in [1.165, 1.54) is 0 Å². The van der Waals surface area contributed by atoms with Gasteiger partial charge in [0.25, 0.3) is 0 Å². The molecule has 3 heterocycles. The van der Waals surface area contributed by atoms with E-state index >= 15 is 0 Å². The van der Waals surface area contributed by atoms with Crippen molar-refractivity contribution in [3.8, 4) is 6.01 Å². The molecule has 1 unspecified atom stereocenters. The summed E-state index contributed by atoms with van der Waals surface area (Å²) in [7, 11) is 0. The van der Waals surface area contributed by atoms with Gasteiger partial charge in [0.2, 0.25) is 0 Å². The van der Waals surface area contributed by atoms with Crippen LogP contribution in [-0.2, 0) is 9.53 Å². The van der Waals surface area contributed by atoms with Gasteiger partial charge in [0.15, 0.2) is 0 Å². The third kappa shape index (κ3) is 6.13. The summed E-state index contributed by atoms with van der Waals surface area (Å²) in [4.78, 5) is 17.0. The van der Waals surface area contributed by atoms with Crippen molar-refractivity contribution in [3.05, 3.63) is 18.5 Å². The number of alkyl halides is 3. The Morgan fingerprint density at radius 1 is 1.40 bits per heavy atom. The molecule has 2 aliphatic heterocycles. The van der Waals surface area contributed by atoms with E-state index in [1.807, 2.05) is 0 Å². The number of carboxylic acid groups (broad SMARTS) is 1. The number of halogens is 3. The highest BCUT2D eigenvalue weighted by molar-refractivity contribution is 5.73. The standard InChI is InChI=1S/C13H19N3O2.C2HF3O2/c1-4-15-12(16-5-1)17-6-2-11-3-7-18-13(8-11)9-14-10-13;3-2(4,5)1(6)7/h1,4-5,11,14H,2-3,6-10H2;(H,6,7). The molecule has 1 aromatic rings. The topological polar surface area (TPSA) is 93.6 Å². The molecule has 3 rings (SSSR count). The highest BCUT2D eigenvalue weighted by atomic mass is 19.4. The van der Waals surface area contributed by atoms with E-state index < -0.39 is 12.1 Å². The van der Waals surface area contributed by atoms with Crippen LogP contribution in [0.2, 0.25) is 0 Å². The van der Waals surface area contributed by atoms with Gasteiger partial charge in [-0.15, -0.1) is 0 Å². The summed E-state index contributed by atoms with van der Waals surface area (Å²) < 4.78 is 43.2. The van der Waals surface area contributed by atoms with Gasteiger partial charge in [-0.2, -0.15) is 13.2 Å². The lowest BCUT2D eigenvalue weighted by molar-refractivity contribution is -0.192. The smallest absolute Gasteiger partial charge is 0.475 e. The van der Waals surface area contributed by atoms with Crippen LogP contribution in [0.4, 0.5) is 13.2 Å². The molecule has 2 aliphatic rings. The molecule has 0 saturated carbocycles. The first-order valence-electron chi connectivity index (χ1n) is 7.85. The Morgan fingerprint density at radius 2 is 2.04 bits per heavy atom. The molecule has 0 radical (unpaired) electrons. The third-order valence-corrected chi connectivity index (χ3v) is 4.03. The fourth-order valence-electron chi connectivity index (χ4n) is 2.70. The zero-order valence-corrected chi connectivity index (χ0v) is 13.5. The molecule has 2 saturated heterocycles. The largest absolute Gasteiger partial charge is 0.490 e. The van der Waals surface area contributed by atoms with Gasteiger partial charge in [0.1, 0.15) is 0 Å². The average molecular weight is 363 g/mol. The predicted octanol–water partition coefficient (Wildman–Crippen LogP) is 1.65. The number of nitrogens with zero attached hydrogens (tertiary/aromatic N) is 2. The number of ether oxygens (including phenoxy) is 2. The fourth-order valence-corrected chi connectivity index (χ4v) is 2.70. The average Bonchev–Trinajstić information content (AvgIpc) is 2.54. The van der Waals surface area contributed by atoms with Crippen molar-refractivity contribution in [3.63, 3.8) is 0 Å². The van der Waals surface area contributed by atoms with Crippen molar-refractivity contribution in [2.24, 2.45) is 5.92 Å². The Balaban J connectivity index is 0.000000277. The van der Waals surface area contributed by atoms with Gasteiger partial charge in [-0.05, 0) is 31.2 Å². The van der Waals surface area contributed by atoms with Crippen LogP contribution in [0, 0.1) is 5.92 Å². The van der Waals surface area contributed by atoms with Gasteiger partial charge in [0, 0.05) is 32.1 Å². The summed E-state index contributed by atoms with van der Waals surface area (Å²) >= 11 is 0. The minimum absolute atomic E-state index is 0.131. The highest BCUT2D eigenvalue weighted by Crippen LogP contribution is 2.33. The maximum atomic E-state index is 10.6. The normalized spacial score (nSPS) is 21.6. The van der Waals surface area contributed by atoms with E-state index in [0.717, 1.165) is 39.0 Å². The Labute approximate surface area is 142 Å². The predicted molar refractivity (Wildman–Crippen MR) is 80.1 cm³/mol. The third-order valence-electron chi connectivity index (χ3n) is 4.03. The lowest BCUT2D eigenvalue weighted by Crippen LogP contribution is -2.63. The van der Waals surface area contributed by atoms with E-state index in [-0.39, 0.29) is 5.60 Å². The van der Waals surface area contributed by atoms with Gasteiger partial charge in [-0.25, -0.2) is 14.8 Å². The number of carboxylic acids is 1. The Kier molecular flexibility index (Phi) is 6.54. The quantitative estimate of drug-likeness (QED) is 0.840. The van der Waals surface area contributed by atoms with E-state index in [0.29, 0.717) is 18.5 Å². The summed E-state index contributed by atoms with van der Waals surface area (Å²) in [5.41, 5.74) is 0.131. The Morgan fingerprint density at radius 3 is 2.56 bits per heavy atom. The molecule has 0 amide bonds. The molecule has 1 atom stereocenters. The zero-order valence-electron chi connectivity index (χ0n) is 13.5. The van der Waals surface area contributed by atoms with Crippen LogP contribution in [0.25, 0.3) is 0 Å². The number of aromatic nitrogens is 2.